The lowest BCUT2D eigenvalue weighted by Crippen LogP contribution is -2.36. The number of rotatable bonds is 9. The molecule has 0 aliphatic heterocycles. The first-order valence-electron chi connectivity index (χ1n) is 6.68. The SMILES string of the molecule is COCCN(CCC(=O)NCc1ccccc1)S(C)(=O)=O. The molecular weight excluding hydrogens is 292 g/mol. The van der Waals surface area contributed by atoms with Crippen LogP contribution in [0, 0.1) is 0 Å². The van der Waals surface area contributed by atoms with Gasteiger partial charge in [0, 0.05) is 33.2 Å². The molecule has 0 fully saturated rings. The number of nitrogens with zero attached hydrogens (tertiary/aromatic N) is 1. The lowest BCUT2D eigenvalue weighted by atomic mass is 10.2. The standard InChI is InChI=1S/C14H22N2O4S/c1-20-11-10-16(21(2,18)19)9-8-14(17)15-12-13-6-4-3-5-7-13/h3-7H,8-12H2,1-2H3,(H,15,17). The van der Waals surface area contributed by atoms with Crippen LogP contribution in [-0.4, -0.2) is 51.7 Å². The first kappa shape index (κ1) is 17.6. The maximum Gasteiger partial charge on any atom is 0.221 e. The summed E-state index contributed by atoms with van der Waals surface area (Å²) in [7, 11) is -1.82. The van der Waals surface area contributed by atoms with Gasteiger partial charge < -0.3 is 10.1 Å². The zero-order valence-electron chi connectivity index (χ0n) is 12.4. The molecule has 7 heteroatoms. The van der Waals surface area contributed by atoms with Gasteiger partial charge in [0.1, 0.15) is 0 Å². The average Bonchev–Trinajstić information content (AvgIpc) is 2.45. The van der Waals surface area contributed by atoms with Gasteiger partial charge in [0.15, 0.2) is 0 Å². The van der Waals surface area contributed by atoms with E-state index in [1.54, 1.807) is 0 Å². The summed E-state index contributed by atoms with van der Waals surface area (Å²) >= 11 is 0. The molecule has 0 heterocycles. The molecule has 0 aliphatic carbocycles. The van der Waals surface area contributed by atoms with Crippen molar-refractivity contribution in [1.82, 2.24) is 9.62 Å². The lowest BCUT2D eigenvalue weighted by Gasteiger charge is -2.19. The molecule has 0 atom stereocenters. The summed E-state index contributed by atoms with van der Waals surface area (Å²) in [5.41, 5.74) is 1.00. The summed E-state index contributed by atoms with van der Waals surface area (Å²) < 4.78 is 29.3. The Morgan fingerprint density at radius 1 is 1.24 bits per heavy atom. The molecule has 0 aromatic heterocycles. The predicted octanol–water partition coefficient (Wildman–Crippen LogP) is 0.601. The molecule has 1 aromatic rings. The molecule has 0 saturated carbocycles. The van der Waals surface area contributed by atoms with Crippen molar-refractivity contribution in [2.24, 2.45) is 0 Å². The molecule has 1 amide bonds. The second kappa shape index (κ2) is 8.76. The number of hydrogen-bond donors (Lipinski definition) is 1. The van der Waals surface area contributed by atoms with E-state index in [4.69, 9.17) is 4.74 Å². The highest BCUT2D eigenvalue weighted by molar-refractivity contribution is 7.88. The van der Waals surface area contributed by atoms with Crippen molar-refractivity contribution < 1.29 is 17.9 Å². The summed E-state index contributed by atoms with van der Waals surface area (Å²) in [6.45, 7) is 1.15. The zero-order chi connectivity index (χ0) is 15.7. The van der Waals surface area contributed by atoms with Gasteiger partial charge in [0.2, 0.25) is 15.9 Å². The van der Waals surface area contributed by atoms with Gasteiger partial charge in [0.25, 0.3) is 0 Å². The number of methoxy groups -OCH3 is 1. The van der Waals surface area contributed by atoms with Crippen LogP contribution in [0.25, 0.3) is 0 Å². The summed E-state index contributed by atoms with van der Waals surface area (Å²) in [5, 5.41) is 2.77. The van der Waals surface area contributed by atoms with E-state index in [1.165, 1.54) is 11.4 Å². The Kier molecular flexibility index (Phi) is 7.35. The van der Waals surface area contributed by atoms with E-state index in [2.05, 4.69) is 5.32 Å². The van der Waals surface area contributed by atoms with Gasteiger partial charge in [-0.1, -0.05) is 30.3 Å². The van der Waals surface area contributed by atoms with Gasteiger partial charge in [-0.25, -0.2) is 8.42 Å². The fourth-order valence-corrected chi connectivity index (χ4v) is 2.58. The van der Waals surface area contributed by atoms with Crippen LogP contribution in [0.2, 0.25) is 0 Å². The van der Waals surface area contributed by atoms with Crippen LogP contribution < -0.4 is 5.32 Å². The number of carbonyl (C=O) groups excluding carboxylic acids is 1. The van der Waals surface area contributed by atoms with Crippen LogP contribution in [0.4, 0.5) is 0 Å². The first-order valence-corrected chi connectivity index (χ1v) is 8.53. The third kappa shape index (κ3) is 7.22. The van der Waals surface area contributed by atoms with Crippen molar-refractivity contribution in [1.29, 1.82) is 0 Å². The Morgan fingerprint density at radius 2 is 1.90 bits per heavy atom. The quantitative estimate of drug-likeness (QED) is 0.724. The van der Waals surface area contributed by atoms with Crippen molar-refractivity contribution in [3.8, 4) is 0 Å². The molecular formula is C14H22N2O4S. The van der Waals surface area contributed by atoms with Gasteiger partial charge in [-0.15, -0.1) is 0 Å². The molecule has 0 saturated heterocycles. The molecule has 1 N–H and O–H groups in total. The Bertz CT molecular complexity index is 531. The zero-order valence-corrected chi connectivity index (χ0v) is 13.2. The second-order valence-corrected chi connectivity index (χ2v) is 6.65. The summed E-state index contributed by atoms with van der Waals surface area (Å²) in [5.74, 6) is -0.176. The fourth-order valence-electron chi connectivity index (χ4n) is 1.75. The molecule has 0 radical (unpaired) electrons. The highest BCUT2D eigenvalue weighted by atomic mass is 32.2. The van der Waals surface area contributed by atoms with Crippen molar-refractivity contribution >= 4 is 15.9 Å². The van der Waals surface area contributed by atoms with Gasteiger partial charge in [-0.3, -0.25) is 4.79 Å². The Hall–Kier alpha value is -1.44. The largest absolute Gasteiger partial charge is 0.383 e. The maximum absolute atomic E-state index is 11.8. The predicted molar refractivity (Wildman–Crippen MR) is 81.2 cm³/mol. The lowest BCUT2D eigenvalue weighted by molar-refractivity contribution is -0.121. The molecule has 1 aromatic carbocycles. The fraction of sp³-hybridized carbons (Fsp3) is 0.500. The van der Waals surface area contributed by atoms with E-state index < -0.39 is 10.0 Å². The van der Waals surface area contributed by atoms with Crippen molar-refractivity contribution in [2.45, 2.75) is 13.0 Å². The minimum Gasteiger partial charge on any atom is -0.383 e. The van der Waals surface area contributed by atoms with E-state index in [0.717, 1.165) is 11.8 Å². The number of benzene rings is 1. The van der Waals surface area contributed by atoms with Gasteiger partial charge in [-0.2, -0.15) is 4.31 Å². The summed E-state index contributed by atoms with van der Waals surface area (Å²) in [6.07, 6.45) is 1.26. The highest BCUT2D eigenvalue weighted by Gasteiger charge is 2.17. The normalized spacial score (nSPS) is 11.6. The molecule has 1 rings (SSSR count). The highest BCUT2D eigenvalue weighted by Crippen LogP contribution is 2.01. The van der Waals surface area contributed by atoms with E-state index in [-0.39, 0.29) is 25.4 Å². The maximum atomic E-state index is 11.8. The van der Waals surface area contributed by atoms with Crippen LogP contribution in [0.3, 0.4) is 0 Å². The minimum atomic E-state index is -3.33. The molecule has 118 valence electrons. The van der Waals surface area contributed by atoms with E-state index in [0.29, 0.717) is 13.2 Å². The Labute approximate surface area is 126 Å². The molecule has 0 aliphatic rings. The van der Waals surface area contributed by atoms with Crippen molar-refractivity contribution in [3.63, 3.8) is 0 Å². The van der Waals surface area contributed by atoms with Crippen LogP contribution in [0.5, 0.6) is 0 Å². The van der Waals surface area contributed by atoms with Gasteiger partial charge >= 0.3 is 0 Å². The second-order valence-electron chi connectivity index (χ2n) is 4.67. The number of nitrogens with one attached hydrogen (secondary N) is 1. The molecule has 0 spiro atoms. The van der Waals surface area contributed by atoms with Gasteiger partial charge in [0.05, 0.1) is 12.9 Å². The number of amides is 1. The molecule has 0 bridgehead atoms. The number of sulfonamides is 1. The van der Waals surface area contributed by atoms with E-state index in [1.807, 2.05) is 30.3 Å². The van der Waals surface area contributed by atoms with Crippen LogP contribution >= 0.6 is 0 Å². The van der Waals surface area contributed by atoms with E-state index >= 15 is 0 Å². The van der Waals surface area contributed by atoms with Crippen LogP contribution in [0.15, 0.2) is 30.3 Å². The molecule has 21 heavy (non-hydrogen) atoms. The van der Waals surface area contributed by atoms with Crippen LogP contribution in [0.1, 0.15) is 12.0 Å². The number of carbonyl (C=O) groups is 1. The minimum absolute atomic E-state index is 0.129. The van der Waals surface area contributed by atoms with Crippen molar-refractivity contribution in [2.75, 3.05) is 33.1 Å². The topological polar surface area (TPSA) is 75.7 Å². The monoisotopic (exact) mass is 314 g/mol. The molecule has 0 unspecified atom stereocenters. The van der Waals surface area contributed by atoms with Crippen LogP contribution in [-0.2, 0) is 26.1 Å². The third-order valence-corrected chi connectivity index (χ3v) is 4.24. The third-order valence-electron chi connectivity index (χ3n) is 2.93. The van der Waals surface area contributed by atoms with E-state index in [9.17, 15) is 13.2 Å². The smallest absolute Gasteiger partial charge is 0.221 e. The van der Waals surface area contributed by atoms with Crippen molar-refractivity contribution in [3.05, 3.63) is 35.9 Å². The number of ether oxygens (including phenoxy) is 1. The van der Waals surface area contributed by atoms with Gasteiger partial charge in [-0.05, 0) is 5.56 Å². The average molecular weight is 314 g/mol. The summed E-state index contributed by atoms with van der Waals surface area (Å²) in [4.78, 5) is 11.8. The summed E-state index contributed by atoms with van der Waals surface area (Å²) in [6, 6.07) is 9.55. The number of hydrogen-bond acceptors (Lipinski definition) is 4. The Morgan fingerprint density at radius 3 is 2.48 bits per heavy atom. The first-order chi connectivity index (χ1) is 9.93. The molecule has 6 nitrogen and oxygen atoms in total. The Balaban J connectivity index is 2.39.